The highest BCUT2D eigenvalue weighted by Crippen LogP contribution is 2.22. The van der Waals surface area contributed by atoms with Crippen LogP contribution in [-0.2, 0) is 6.54 Å². The molecule has 2 aromatic carbocycles. The van der Waals surface area contributed by atoms with Gasteiger partial charge < -0.3 is 10.1 Å². The molecular weight excluding hydrogens is 340 g/mol. The van der Waals surface area contributed by atoms with Crippen LogP contribution in [0.1, 0.15) is 24.6 Å². The van der Waals surface area contributed by atoms with E-state index in [2.05, 4.69) is 10.4 Å². The van der Waals surface area contributed by atoms with Crippen LogP contribution in [0.3, 0.4) is 0 Å². The van der Waals surface area contributed by atoms with Gasteiger partial charge in [0.25, 0.3) is 0 Å². The summed E-state index contributed by atoms with van der Waals surface area (Å²) in [4.78, 5) is 13.1. The average molecular weight is 364 g/mol. The van der Waals surface area contributed by atoms with Gasteiger partial charge in [-0.15, -0.1) is 0 Å². The molecule has 2 heterocycles. The number of rotatable bonds is 6. The fourth-order valence-corrected chi connectivity index (χ4v) is 3.49. The third-order valence-corrected chi connectivity index (χ3v) is 4.86. The molecule has 1 N–H and O–H groups in total. The zero-order valence-corrected chi connectivity index (χ0v) is 15.3. The summed E-state index contributed by atoms with van der Waals surface area (Å²) in [5.74, 6) is 1.87. The molecule has 1 unspecified atom stereocenters. The molecule has 1 aliphatic heterocycles. The number of aromatic nitrogens is 3. The second-order valence-electron chi connectivity index (χ2n) is 6.74. The van der Waals surface area contributed by atoms with Gasteiger partial charge in [0.1, 0.15) is 18.2 Å². The molecule has 0 spiro atoms. The van der Waals surface area contributed by atoms with Crippen LogP contribution >= 0.6 is 0 Å². The SMILES string of the molecule is O=c1n(CCOc2ccccc2)nc(C2CCCNC2)n1-c1ccccc1. The van der Waals surface area contributed by atoms with Gasteiger partial charge in [0, 0.05) is 12.5 Å². The van der Waals surface area contributed by atoms with Crippen LogP contribution in [0.25, 0.3) is 5.69 Å². The molecule has 0 radical (unpaired) electrons. The second kappa shape index (κ2) is 8.22. The zero-order valence-electron chi connectivity index (χ0n) is 15.3. The molecule has 27 heavy (non-hydrogen) atoms. The highest BCUT2D eigenvalue weighted by Gasteiger charge is 2.24. The highest BCUT2D eigenvalue weighted by atomic mass is 16.5. The van der Waals surface area contributed by atoms with Crippen molar-refractivity contribution in [2.24, 2.45) is 0 Å². The van der Waals surface area contributed by atoms with Gasteiger partial charge in [-0.3, -0.25) is 0 Å². The molecule has 0 aliphatic carbocycles. The van der Waals surface area contributed by atoms with Gasteiger partial charge in [0.05, 0.1) is 12.2 Å². The monoisotopic (exact) mass is 364 g/mol. The number of piperidine rings is 1. The van der Waals surface area contributed by atoms with Crippen LogP contribution in [0.4, 0.5) is 0 Å². The van der Waals surface area contributed by atoms with Gasteiger partial charge >= 0.3 is 5.69 Å². The maximum atomic E-state index is 13.1. The topological polar surface area (TPSA) is 61.1 Å². The molecule has 140 valence electrons. The minimum Gasteiger partial charge on any atom is -0.492 e. The summed E-state index contributed by atoms with van der Waals surface area (Å²) in [5, 5.41) is 8.10. The van der Waals surface area contributed by atoms with E-state index in [0.29, 0.717) is 13.2 Å². The van der Waals surface area contributed by atoms with Crippen molar-refractivity contribution in [1.82, 2.24) is 19.7 Å². The molecule has 0 saturated carbocycles. The van der Waals surface area contributed by atoms with Gasteiger partial charge in [0.15, 0.2) is 0 Å². The Balaban J connectivity index is 1.60. The Hall–Kier alpha value is -2.86. The number of hydrogen-bond acceptors (Lipinski definition) is 4. The van der Waals surface area contributed by atoms with Crippen molar-refractivity contribution in [2.75, 3.05) is 19.7 Å². The fourth-order valence-electron chi connectivity index (χ4n) is 3.49. The largest absolute Gasteiger partial charge is 0.492 e. The van der Waals surface area contributed by atoms with Crippen molar-refractivity contribution in [3.8, 4) is 11.4 Å². The van der Waals surface area contributed by atoms with Crippen molar-refractivity contribution in [3.63, 3.8) is 0 Å². The first-order chi connectivity index (χ1) is 13.3. The second-order valence-corrected chi connectivity index (χ2v) is 6.74. The lowest BCUT2D eigenvalue weighted by Crippen LogP contribution is -2.31. The first kappa shape index (κ1) is 17.5. The lowest BCUT2D eigenvalue weighted by Gasteiger charge is -2.22. The van der Waals surface area contributed by atoms with E-state index in [1.165, 1.54) is 4.68 Å². The molecule has 1 aromatic heterocycles. The first-order valence-corrected chi connectivity index (χ1v) is 9.46. The van der Waals surface area contributed by atoms with Crippen molar-refractivity contribution >= 4 is 0 Å². The molecule has 3 aromatic rings. The molecule has 1 saturated heterocycles. The fraction of sp³-hybridized carbons (Fsp3) is 0.333. The number of nitrogens with zero attached hydrogens (tertiary/aromatic N) is 3. The van der Waals surface area contributed by atoms with Gasteiger partial charge in [-0.2, -0.15) is 5.10 Å². The highest BCUT2D eigenvalue weighted by molar-refractivity contribution is 5.33. The lowest BCUT2D eigenvalue weighted by atomic mass is 9.99. The number of ether oxygens (including phenoxy) is 1. The van der Waals surface area contributed by atoms with Crippen molar-refractivity contribution in [3.05, 3.63) is 77.0 Å². The normalized spacial score (nSPS) is 17.0. The zero-order chi connectivity index (χ0) is 18.5. The van der Waals surface area contributed by atoms with Crippen LogP contribution in [0.15, 0.2) is 65.5 Å². The average Bonchev–Trinajstić information content (AvgIpc) is 3.06. The Kier molecular flexibility index (Phi) is 5.34. The van der Waals surface area contributed by atoms with E-state index in [1.54, 1.807) is 4.57 Å². The summed E-state index contributed by atoms with van der Waals surface area (Å²) in [6, 6.07) is 19.4. The maximum Gasteiger partial charge on any atom is 0.350 e. The van der Waals surface area contributed by atoms with Crippen LogP contribution in [-0.4, -0.2) is 34.0 Å². The number of nitrogens with one attached hydrogen (secondary N) is 1. The number of hydrogen-bond donors (Lipinski definition) is 1. The Bertz CT molecular complexity index is 912. The number of para-hydroxylation sites is 2. The van der Waals surface area contributed by atoms with E-state index >= 15 is 0 Å². The predicted molar refractivity (Wildman–Crippen MR) is 105 cm³/mol. The maximum absolute atomic E-state index is 13.1. The third-order valence-electron chi connectivity index (χ3n) is 4.86. The quantitative estimate of drug-likeness (QED) is 0.730. The number of benzene rings is 2. The molecule has 1 atom stereocenters. The predicted octanol–water partition coefficient (Wildman–Crippen LogP) is 2.58. The van der Waals surface area contributed by atoms with Gasteiger partial charge in [-0.1, -0.05) is 36.4 Å². The van der Waals surface area contributed by atoms with E-state index in [1.807, 2.05) is 60.7 Å². The summed E-state index contributed by atoms with van der Waals surface area (Å²) in [5.41, 5.74) is 0.747. The Labute approximate surface area is 158 Å². The Morgan fingerprint density at radius 1 is 1.07 bits per heavy atom. The van der Waals surface area contributed by atoms with Crippen LogP contribution in [0, 0.1) is 0 Å². The van der Waals surface area contributed by atoms with Crippen LogP contribution in [0.5, 0.6) is 5.75 Å². The van der Waals surface area contributed by atoms with E-state index < -0.39 is 0 Å². The molecule has 1 fully saturated rings. The van der Waals surface area contributed by atoms with Gasteiger partial charge in [-0.05, 0) is 43.7 Å². The molecule has 6 nitrogen and oxygen atoms in total. The summed E-state index contributed by atoms with van der Waals surface area (Å²) in [7, 11) is 0. The van der Waals surface area contributed by atoms with E-state index in [-0.39, 0.29) is 11.6 Å². The smallest absolute Gasteiger partial charge is 0.350 e. The van der Waals surface area contributed by atoms with Crippen LogP contribution in [0.2, 0.25) is 0 Å². The minimum absolute atomic E-state index is 0.113. The van der Waals surface area contributed by atoms with E-state index in [0.717, 1.165) is 43.2 Å². The third kappa shape index (κ3) is 3.95. The molecule has 6 heteroatoms. The molecule has 0 bridgehead atoms. The Morgan fingerprint density at radius 2 is 1.81 bits per heavy atom. The van der Waals surface area contributed by atoms with E-state index in [9.17, 15) is 4.79 Å². The van der Waals surface area contributed by atoms with Crippen molar-refractivity contribution < 1.29 is 4.74 Å². The summed E-state index contributed by atoms with van der Waals surface area (Å²) >= 11 is 0. The van der Waals surface area contributed by atoms with Gasteiger partial charge in [0.2, 0.25) is 0 Å². The van der Waals surface area contributed by atoms with Gasteiger partial charge in [-0.25, -0.2) is 14.0 Å². The summed E-state index contributed by atoms with van der Waals surface area (Å²) in [6.45, 7) is 2.69. The standard InChI is InChI=1S/C21H24N4O2/c26-21-24(14-15-27-19-11-5-2-6-12-19)23-20(17-8-7-13-22-16-17)25(21)18-9-3-1-4-10-18/h1-6,9-12,17,22H,7-8,13-16H2. The van der Waals surface area contributed by atoms with Crippen LogP contribution < -0.4 is 15.7 Å². The lowest BCUT2D eigenvalue weighted by molar-refractivity contribution is 0.288. The molecule has 0 amide bonds. The van der Waals surface area contributed by atoms with Crippen molar-refractivity contribution in [2.45, 2.75) is 25.3 Å². The molecule has 1 aliphatic rings. The van der Waals surface area contributed by atoms with E-state index in [4.69, 9.17) is 4.74 Å². The summed E-state index contributed by atoms with van der Waals surface area (Å²) in [6.07, 6.45) is 2.13. The Morgan fingerprint density at radius 3 is 2.52 bits per heavy atom. The molecular formula is C21H24N4O2. The minimum atomic E-state index is -0.113. The molecule has 4 rings (SSSR count). The first-order valence-electron chi connectivity index (χ1n) is 9.46. The van der Waals surface area contributed by atoms with Crippen molar-refractivity contribution in [1.29, 1.82) is 0 Å². The summed E-state index contributed by atoms with van der Waals surface area (Å²) < 4.78 is 9.02.